The summed E-state index contributed by atoms with van der Waals surface area (Å²) in [7, 11) is 0. The molecule has 1 aromatic carbocycles. The van der Waals surface area contributed by atoms with E-state index in [9.17, 15) is 18.0 Å². The lowest BCUT2D eigenvalue weighted by atomic mass is 9.98. The van der Waals surface area contributed by atoms with Crippen molar-refractivity contribution in [1.29, 1.82) is 0 Å². The molecule has 0 spiro atoms. The van der Waals surface area contributed by atoms with E-state index in [1.54, 1.807) is 36.7 Å². The number of pyridine rings is 1. The molecule has 3 aromatic rings. The van der Waals surface area contributed by atoms with E-state index in [4.69, 9.17) is 11.6 Å². The summed E-state index contributed by atoms with van der Waals surface area (Å²) in [6, 6.07) is 9.10. The minimum Gasteiger partial charge on any atom is -0.368 e. The van der Waals surface area contributed by atoms with Crippen LogP contribution in [0.2, 0.25) is 5.02 Å². The third-order valence-corrected chi connectivity index (χ3v) is 6.60. The van der Waals surface area contributed by atoms with E-state index in [1.165, 1.54) is 6.07 Å². The van der Waals surface area contributed by atoms with Crippen LogP contribution in [-0.2, 0) is 6.18 Å². The first-order chi connectivity index (χ1) is 16.3. The van der Waals surface area contributed by atoms with Gasteiger partial charge in [0.2, 0.25) is 0 Å². The molecule has 3 heterocycles. The summed E-state index contributed by atoms with van der Waals surface area (Å²) in [4.78, 5) is 28.2. The summed E-state index contributed by atoms with van der Waals surface area (Å²) in [5.41, 5.74) is 0.239. The summed E-state index contributed by atoms with van der Waals surface area (Å²) < 4.78 is 38.4. The molecule has 1 amide bonds. The average Bonchev–Trinajstić information content (AvgIpc) is 3.62. The van der Waals surface area contributed by atoms with Crippen molar-refractivity contribution in [3.05, 3.63) is 71.1 Å². The molecule has 2 aliphatic rings. The number of nitrogens with zero attached hydrogens (tertiary/aromatic N) is 4. The van der Waals surface area contributed by atoms with E-state index in [2.05, 4.69) is 20.3 Å². The molecule has 2 aromatic heterocycles. The molecule has 1 unspecified atom stereocenters. The van der Waals surface area contributed by atoms with Crippen molar-refractivity contribution in [2.45, 2.75) is 37.5 Å². The maximum atomic E-state index is 13.8. The molecular formula is C24H21ClF3N5O. The predicted octanol–water partition coefficient (Wildman–Crippen LogP) is 5.32. The van der Waals surface area contributed by atoms with Crippen LogP contribution < -0.4 is 5.32 Å². The number of hydrogen-bond acceptors (Lipinski definition) is 5. The Labute approximate surface area is 199 Å². The summed E-state index contributed by atoms with van der Waals surface area (Å²) >= 11 is 6.24. The van der Waals surface area contributed by atoms with Crippen LogP contribution in [-0.4, -0.2) is 44.4 Å². The van der Waals surface area contributed by atoms with E-state index >= 15 is 0 Å². The molecule has 1 saturated heterocycles. The molecule has 10 heteroatoms. The summed E-state index contributed by atoms with van der Waals surface area (Å²) in [6.45, 7) is 0.380. The van der Waals surface area contributed by atoms with Crippen molar-refractivity contribution >= 4 is 23.3 Å². The molecule has 0 radical (unpaired) electrons. The van der Waals surface area contributed by atoms with Crippen molar-refractivity contribution in [2.24, 2.45) is 5.92 Å². The molecule has 34 heavy (non-hydrogen) atoms. The topological polar surface area (TPSA) is 71.0 Å². The highest BCUT2D eigenvalue weighted by Gasteiger charge is 2.50. The fourth-order valence-electron chi connectivity index (χ4n) is 4.57. The maximum Gasteiger partial charge on any atom is 0.417 e. The normalized spacial score (nSPS) is 21.6. The molecule has 6 nitrogen and oxygen atoms in total. The molecule has 1 N–H and O–H groups in total. The van der Waals surface area contributed by atoms with Crippen molar-refractivity contribution in [3.63, 3.8) is 0 Å². The molecule has 1 saturated carbocycles. The first-order valence-corrected chi connectivity index (χ1v) is 11.4. The number of benzene rings is 1. The number of fused-ring (bicyclic) bond motifs is 1. The number of likely N-dealkylation sites (tertiary alicyclic amines) is 1. The lowest BCUT2D eigenvalue weighted by Gasteiger charge is -2.36. The van der Waals surface area contributed by atoms with Crippen molar-refractivity contribution in [2.75, 3.05) is 11.9 Å². The quantitative estimate of drug-likeness (QED) is 0.527. The second-order valence-corrected chi connectivity index (χ2v) is 9.02. The van der Waals surface area contributed by atoms with Gasteiger partial charge in [0.05, 0.1) is 11.1 Å². The number of carbonyl (C=O) groups excluding carboxylic acids is 1. The van der Waals surface area contributed by atoms with Gasteiger partial charge in [-0.1, -0.05) is 11.6 Å². The van der Waals surface area contributed by atoms with Crippen LogP contribution in [0.4, 0.5) is 19.0 Å². The zero-order chi connectivity index (χ0) is 23.9. The Bertz CT molecular complexity index is 1190. The fourth-order valence-corrected chi connectivity index (χ4v) is 4.74. The zero-order valence-corrected chi connectivity index (χ0v) is 18.7. The van der Waals surface area contributed by atoms with Crippen molar-refractivity contribution < 1.29 is 18.0 Å². The van der Waals surface area contributed by atoms with E-state index < -0.39 is 11.7 Å². The first-order valence-electron chi connectivity index (χ1n) is 11.0. The number of rotatable bonds is 5. The number of piperidine rings is 1. The second-order valence-electron chi connectivity index (χ2n) is 8.58. The van der Waals surface area contributed by atoms with Crippen molar-refractivity contribution in [1.82, 2.24) is 19.9 Å². The summed E-state index contributed by atoms with van der Waals surface area (Å²) in [5, 5.41) is 3.54. The monoisotopic (exact) mass is 487 g/mol. The Hall–Kier alpha value is -3.20. The van der Waals surface area contributed by atoms with Crippen LogP contribution in [0.3, 0.4) is 0 Å². The van der Waals surface area contributed by atoms with Gasteiger partial charge in [0.25, 0.3) is 5.91 Å². The number of anilines is 1. The van der Waals surface area contributed by atoms with E-state index in [-0.39, 0.29) is 18.0 Å². The zero-order valence-electron chi connectivity index (χ0n) is 18.0. The van der Waals surface area contributed by atoms with Gasteiger partial charge >= 0.3 is 6.18 Å². The summed E-state index contributed by atoms with van der Waals surface area (Å²) in [6.07, 6.45) is 2.35. The number of aromatic nitrogens is 3. The fraction of sp³-hybridized carbons (Fsp3) is 0.333. The number of halogens is 4. The van der Waals surface area contributed by atoms with Gasteiger partial charge in [-0.15, -0.1) is 0 Å². The van der Waals surface area contributed by atoms with Crippen LogP contribution >= 0.6 is 11.6 Å². The average molecular weight is 488 g/mol. The van der Waals surface area contributed by atoms with Gasteiger partial charge in [0.1, 0.15) is 5.82 Å². The second kappa shape index (κ2) is 8.87. The van der Waals surface area contributed by atoms with Crippen LogP contribution in [0.15, 0.2) is 55.0 Å². The van der Waals surface area contributed by atoms with Gasteiger partial charge < -0.3 is 10.2 Å². The standard InChI is InChI=1S/C24H21ClF3N5O/c25-16-4-6-18(22-29-8-1-9-30-22)19(11-16)23(34)33-17(5-2-14-10-20(14)33)13-32-21-7-3-15(12-31-21)24(26,27)28/h1,3-4,6-9,11-12,14,17,20H,2,5,10,13H2,(H,31,32)/t14-,17-,20?/m0/s1. The molecule has 176 valence electrons. The van der Waals surface area contributed by atoms with Gasteiger partial charge in [-0.05, 0) is 61.6 Å². The predicted molar refractivity (Wildman–Crippen MR) is 121 cm³/mol. The van der Waals surface area contributed by atoms with Crippen molar-refractivity contribution in [3.8, 4) is 11.4 Å². The molecule has 2 fully saturated rings. The number of nitrogens with one attached hydrogen (secondary N) is 1. The minimum absolute atomic E-state index is 0.135. The van der Waals surface area contributed by atoms with Gasteiger partial charge in [0.15, 0.2) is 5.82 Å². The smallest absolute Gasteiger partial charge is 0.368 e. The Morgan fingerprint density at radius 2 is 1.91 bits per heavy atom. The van der Waals surface area contributed by atoms with Crippen LogP contribution in [0, 0.1) is 5.92 Å². The van der Waals surface area contributed by atoms with Gasteiger partial charge in [-0.2, -0.15) is 13.2 Å². The van der Waals surface area contributed by atoms with Gasteiger partial charge in [-0.25, -0.2) is 15.0 Å². The Morgan fingerprint density at radius 3 is 2.62 bits per heavy atom. The maximum absolute atomic E-state index is 13.8. The Morgan fingerprint density at radius 1 is 1.12 bits per heavy atom. The van der Waals surface area contributed by atoms with Crippen LogP contribution in [0.25, 0.3) is 11.4 Å². The van der Waals surface area contributed by atoms with Crippen LogP contribution in [0.1, 0.15) is 35.2 Å². The van der Waals surface area contributed by atoms with E-state index in [1.807, 2.05) is 4.90 Å². The molecule has 0 bridgehead atoms. The van der Waals surface area contributed by atoms with Gasteiger partial charge in [0, 0.05) is 47.8 Å². The SMILES string of the molecule is O=C(c1cc(Cl)ccc1-c1ncccn1)N1C2C[C@@H]2CC[C@H]1CNc1ccc(C(F)(F)F)cn1. The van der Waals surface area contributed by atoms with Crippen LogP contribution in [0.5, 0.6) is 0 Å². The number of alkyl halides is 3. The largest absolute Gasteiger partial charge is 0.417 e. The highest BCUT2D eigenvalue weighted by Crippen LogP contribution is 2.46. The number of hydrogen-bond donors (Lipinski definition) is 1. The third-order valence-electron chi connectivity index (χ3n) is 6.37. The highest BCUT2D eigenvalue weighted by atomic mass is 35.5. The summed E-state index contributed by atoms with van der Waals surface area (Å²) in [5.74, 6) is 1.10. The minimum atomic E-state index is -4.43. The Kier molecular flexibility index (Phi) is 5.89. The lowest BCUT2D eigenvalue weighted by molar-refractivity contribution is -0.137. The molecule has 1 aliphatic heterocycles. The molecular weight excluding hydrogens is 467 g/mol. The molecule has 5 rings (SSSR count). The lowest BCUT2D eigenvalue weighted by Crippen LogP contribution is -2.48. The molecule has 1 aliphatic carbocycles. The van der Waals surface area contributed by atoms with Gasteiger partial charge in [-0.3, -0.25) is 4.79 Å². The van der Waals surface area contributed by atoms with E-state index in [0.717, 1.165) is 31.5 Å². The Balaban J connectivity index is 1.38. The molecule has 3 atom stereocenters. The highest BCUT2D eigenvalue weighted by molar-refractivity contribution is 6.31. The third kappa shape index (κ3) is 4.57. The van der Waals surface area contributed by atoms with E-state index in [0.29, 0.717) is 40.3 Å². The number of amides is 1. The first kappa shape index (κ1) is 22.6. The number of carbonyl (C=O) groups is 1.